The van der Waals surface area contributed by atoms with Gasteiger partial charge in [0.2, 0.25) is 0 Å². The van der Waals surface area contributed by atoms with Crippen molar-refractivity contribution >= 4 is 65.7 Å². The Bertz CT molecular complexity index is 3520. The fraction of sp³-hybridized carbons (Fsp3) is 0. The molecule has 57 heavy (non-hydrogen) atoms. The van der Waals surface area contributed by atoms with Gasteiger partial charge in [0.1, 0.15) is 16.8 Å². The first kappa shape index (κ1) is 31.6. The lowest BCUT2D eigenvalue weighted by atomic mass is 10.0. The molecule has 0 atom stereocenters. The van der Waals surface area contributed by atoms with Crippen molar-refractivity contribution in [1.29, 1.82) is 0 Å². The fourth-order valence-electron chi connectivity index (χ4n) is 8.73. The summed E-state index contributed by atoms with van der Waals surface area (Å²) in [6.07, 6.45) is 0. The summed E-state index contributed by atoms with van der Waals surface area (Å²) in [7, 11) is 0. The van der Waals surface area contributed by atoms with Gasteiger partial charge in [-0.1, -0.05) is 127 Å². The molecule has 0 aliphatic rings. The van der Waals surface area contributed by atoms with Gasteiger partial charge in [-0.15, -0.1) is 0 Å². The van der Waals surface area contributed by atoms with Crippen molar-refractivity contribution in [3.8, 4) is 45.1 Å². The summed E-state index contributed by atoms with van der Waals surface area (Å²) in [5, 5.41) is 5.86. The molecule has 12 aromatic rings. The van der Waals surface area contributed by atoms with Crippen LogP contribution in [0.5, 0.6) is 0 Å². The molecule has 5 heteroatoms. The Morgan fingerprint density at radius 1 is 0.351 bits per heavy atom. The predicted octanol–water partition coefficient (Wildman–Crippen LogP) is 13.6. The lowest BCUT2D eigenvalue weighted by Crippen LogP contribution is -1.97. The van der Waals surface area contributed by atoms with Crippen molar-refractivity contribution in [2.75, 3.05) is 0 Å². The van der Waals surface area contributed by atoms with Crippen LogP contribution in [0.2, 0.25) is 0 Å². The maximum atomic E-state index is 6.39. The molecular weight excluding hydrogens is 697 g/mol. The molecule has 0 unspecified atom stereocenters. The van der Waals surface area contributed by atoms with Crippen molar-refractivity contribution < 1.29 is 4.42 Å². The average molecular weight is 729 g/mol. The number of benzene rings is 8. The molecule has 0 spiro atoms. The van der Waals surface area contributed by atoms with Gasteiger partial charge in [-0.2, -0.15) is 0 Å². The molecule has 0 amide bonds. The number of hydrogen-bond donors (Lipinski definition) is 0. The van der Waals surface area contributed by atoms with Gasteiger partial charge in [0.15, 0.2) is 11.4 Å². The molecule has 4 heterocycles. The lowest BCUT2D eigenvalue weighted by Gasteiger charge is -2.12. The van der Waals surface area contributed by atoms with E-state index in [4.69, 9.17) is 14.4 Å². The van der Waals surface area contributed by atoms with Gasteiger partial charge < -0.3 is 13.6 Å². The number of para-hydroxylation sites is 4. The molecule has 0 N–H and O–H groups in total. The zero-order valence-corrected chi connectivity index (χ0v) is 30.7. The molecule has 0 aliphatic carbocycles. The highest BCUT2D eigenvalue weighted by Gasteiger charge is 2.20. The Hall–Kier alpha value is -7.76. The minimum absolute atomic E-state index is 0.652. The molecule has 5 nitrogen and oxygen atoms in total. The minimum Gasteiger partial charge on any atom is -0.452 e. The second kappa shape index (κ2) is 12.4. The summed E-state index contributed by atoms with van der Waals surface area (Å²) >= 11 is 0. The molecule has 266 valence electrons. The van der Waals surface area contributed by atoms with Crippen molar-refractivity contribution in [3.63, 3.8) is 0 Å². The molecule has 0 bridgehead atoms. The summed E-state index contributed by atoms with van der Waals surface area (Å²) in [4.78, 5) is 10.4. The van der Waals surface area contributed by atoms with E-state index in [0.29, 0.717) is 11.4 Å². The average Bonchev–Trinajstić information content (AvgIpc) is 3.94. The highest BCUT2D eigenvalue weighted by atomic mass is 16.3. The van der Waals surface area contributed by atoms with Crippen molar-refractivity contribution in [2.24, 2.45) is 0 Å². The smallest absolute Gasteiger partial charge is 0.180 e. The molecule has 4 aromatic heterocycles. The Kier molecular flexibility index (Phi) is 6.86. The van der Waals surface area contributed by atoms with Crippen LogP contribution < -0.4 is 0 Å². The number of furan rings is 1. The van der Waals surface area contributed by atoms with E-state index in [1.54, 1.807) is 0 Å². The predicted molar refractivity (Wildman–Crippen MR) is 234 cm³/mol. The van der Waals surface area contributed by atoms with Gasteiger partial charge in [0, 0.05) is 49.4 Å². The second-order valence-corrected chi connectivity index (χ2v) is 14.6. The number of hydrogen-bond acceptors (Lipinski definition) is 3. The summed E-state index contributed by atoms with van der Waals surface area (Å²) in [6, 6.07) is 68.6. The third-order valence-electron chi connectivity index (χ3n) is 11.3. The van der Waals surface area contributed by atoms with Crippen LogP contribution in [0.15, 0.2) is 199 Å². The summed E-state index contributed by atoms with van der Waals surface area (Å²) in [5.74, 6) is 0.652. The first-order chi connectivity index (χ1) is 28.3. The molecule has 12 rings (SSSR count). The van der Waals surface area contributed by atoms with E-state index in [9.17, 15) is 0 Å². The largest absolute Gasteiger partial charge is 0.452 e. The maximum absolute atomic E-state index is 6.39. The molecule has 0 fully saturated rings. The molecule has 0 aliphatic heterocycles. The zero-order valence-electron chi connectivity index (χ0n) is 30.7. The van der Waals surface area contributed by atoms with Gasteiger partial charge in [-0.05, 0) is 77.9 Å². The van der Waals surface area contributed by atoms with Crippen molar-refractivity contribution in [1.82, 2.24) is 19.1 Å². The topological polar surface area (TPSA) is 48.8 Å². The summed E-state index contributed by atoms with van der Waals surface area (Å²) in [6.45, 7) is 0. The maximum Gasteiger partial charge on any atom is 0.180 e. The van der Waals surface area contributed by atoms with Crippen LogP contribution >= 0.6 is 0 Å². The molecule has 0 saturated carbocycles. The van der Waals surface area contributed by atoms with Gasteiger partial charge >= 0.3 is 0 Å². The minimum atomic E-state index is 0.652. The van der Waals surface area contributed by atoms with Crippen LogP contribution in [-0.4, -0.2) is 19.1 Å². The zero-order chi connectivity index (χ0) is 37.5. The molecule has 0 radical (unpaired) electrons. The van der Waals surface area contributed by atoms with Crippen molar-refractivity contribution in [3.05, 3.63) is 194 Å². The molecule has 8 aromatic carbocycles. The highest BCUT2D eigenvalue weighted by Crippen LogP contribution is 2.40. The van der Waals surface area contributed by atoms with E-state index in [1.165, 1.54) is 38.1 Å². The van der Waals surface area contributed by atoms with Gasteiger partial charge in [-0.3, -0.25) is 0 Å². The van der Waals surface area contributed by atoms with Crippen molar-refractivity contribution in [2.45, 2.75) is 0 Å². The van der Waals surface area contributed by atoms with Crippen LogP contribution in [0.4, 0.5) is 0 Å². The molecular formula is C52H32N4O. The van der Waals surface area contributed by atoms with Crippen LogP contribution in [0.3, 0.4) is 0 Å². The van der Waals surface area contributed by atoms with E-state index in [-0.39, 0.29) is 0 Å². The molecule has 0 saturated heterocycles. The first-order valence-corrected chi connectivity index (χ1v) is 19.2. The first-order valence-electron chi connectivity index (χ1n) is 19.2. The van der Waals surface area contributed by atoms with Crippen LogP contribution in [-0.2, 0) is 0 Å². The van der Waals surface area contributed by atoms with Crippen LogP contribution in [0.1, 0.15) is 0 Å². The van der Waals surface area contributed by atoms with E-state index < -0.39 is 0 Å². The Morgan fingerprint density at radius 3 is 1.74 bits per heavy atom. The monoisotopic (exact) mass is 728 g/mol. The summed E-state index contributed by atoms with van der Waals surface area (Å²) in [5.41, 5.74) is 14.2. The normalized spacial score (nSPS) is 11.9. The van der Waals surface area contributed by atoms with Gasteiger partial charge in [-0.25, -0.2) is 9.97 Å². The standard InChI is InChI=1S/C52H32N4O/c1-3-14-33(15-4-1)49-51-50(42-22-9-12-25-48(42)57-51)54-52(53-49)36-16-13-19-38(30-36)56-44-23-10-7-20-39(44)41-28-26-35(32-47(41)56)34-27-29-46-43(31-34)40-21-8-11-24-45(40)55(46)37-17-5-2-6-18-37/h1-32H. The highest BCUT2D eigenvalue weighted by molar-refractivity contribution is 6.13. The van der Waals surface area contributed by atoms with E-state index in [0.717, 1.165) is 61.3 Å². The van der Waals surface area contributed by atoms with E-state index in [2.05, 4.69) is 167 Å². The Morgan fingerprint density at radius 2 is 0.930 bits per heavy atom. The van der Waals surface area contributed by atoms with Crippen LogP contribution in [0.25, 0.3) is 111 Å². The third kappa shape index (κ3) is 4.89. The van der Waals surface area contributed by atoms with Gasteiger partial charge in [0.05, 0.1) is 22.1 Å². The SMILES string of the molecule is c1ccc(-c2nc(-c3cccc(-n4c5ccccc5c5ccc(-c6ccc7c(c6)c6ccccc6n7-c6ccccc6)cc54)c3)nc3c2oc2ccccc23)cc1. The van der Waals surface area contributed by atoms with E-state index >= 15 is 0 Å². The number of rotatable bonds is 5. The Labute approximate surface area is 327 Å². The Balaban J connectivity index is 1.04. The van der Waals surface area contributed by atoms with E-state index in [1.807, 2.05) is 36.4 Å². The number of nitrogens with zero attached hydrogens (tertiary/aromatic N) is 4. The van der Waals surface area contributed by atoms with Crippen LogP contribution in [0, 0.1) is 0 Å². The lowest BCUT2D eigenvalue weighted by molar-refractivity contribution is 0.667. The number of fused-ring (bicyclic) bond motifs is 9. The number of aromatic nitrogens is 4. The second-order valence-electron chi connectivity index (χ2n) is 14.6. The quantitative estimate of drug-likeness (QED) is 0.177. The fourth-order valence-corrected chi connectivity index (χ4v) is 8.73. The summed E-state index contributed by atoms with van der Waals surface area (Å²) < 4.78 is 11.1. The van der Waals surface area contributed by atoms with Gasteiger partial charge in [0.25, 0.3) is 0 Å². The third-order valence-corrected chi connectivity index (χ3v) is 11.3.